The average Bonchev–Trinajstić information content (AvgIpc) is 3.25. The molecule has 4 rings (SSSR count). The van der Waals surface area contributed by atoms with Crippen LogP contribution < -0.4 is 5.32 Å². The number of carbonyl (C=O) groups excluding carboxylic acids is 2. The summed E-state index contributed by atoms with van der Waals surface area (Å²) in [6.45, 7) is 2.78. The van der Waals surface area contributed by atoms with Crippen LogP contribution in [-0.2, 0) is 21.7 Å². The largest absolute Gasteiger partial charge is 0.335 e. The second-order valence-electron chi connectivity index (χ2n) is 7.40. The second-order valence-corrected chi connectivity index (χ2v) is 7.40. The first-order valence-electron chi connectivity index (χ1n) is 9.61. The number of benzene rings is 1. The predicted octanol–water partition coefficient (Wildman–Crippen LogP) is 0.972. The first-order valence-corrected chi connectivity index (χ1v) is 9.61. The van der Waals surface area contributed by atoms with Crippen LogP contribution in [0.15, 0.2) is 42.7 Å². The SMILES string of the molecule is O=C1CN(C(=O)C2(n3cccn3)CCNCC2)CCN1Cc1cccc(F)c1. The number of carbonyl (C=O) groups is 2. The van der Waals surface area contributed by atoms with Gasteiger partial charge in [-0.15, -0.1) is 0 Å². The number of amides is 2. The quantitative estimate of drug-likeness (QED) is 0.852. The Morgan fingerprint density at radius 3 is 2.71 bits per heavy atom. The van der Waals surface area contributed by atoms with E-state index in [2.05, 4.69) is 10.4 Å². The number of rotatable bonds is 4. The van der Waals surface area contributed by atoms with Crippen LogP contribution >= 0.6 is 0 Å². The van der Waals surface area contributed by atoms with Gasteiger partial charge in [0.2, 0.25) is 5.91 Å². The summed E-state index contributed by atoms with van der Waals surface area (Å²) in [5.41, 5.74) is 0.0132. The lowest BCUT2D eigenvalue weighted by molar-refractivity contribution is -0.152. The molecule has 2 aliphatic heterocycles. The molecule has 0 spiro atoms. The maximum Gasteiger partial charge on any atom is 0.251 e. The summed E-state index contributed by atoms with van der Waals surface area (Å²) in [6.07, 6.45) is 4.79. The van der Waals surface area contributed by atoms with E-state index in [-0.39, 0.29) is 24.2 Å². The molecule has 148 valence electrons. The molecule has 0 bridgehead atoms. The lowest BCUT2D eigenvalue weighted by atomic mass is 9.86. The molecule has 0 atom stereocenters. The minimum Gasteiger partial charge on any atom is -0.335 e. The predicted molar refractivity (Wildman–Crippen MR) is 101 cm³/mol. The molecule has 3 heterocycles. The van der Waals surface area contributed by atoms with Crippen molar-refractivity contribution in [2.75, 3.05) is 32.7 Å². The van der Waals surface area contributed by atoms with Crippen LogP contribution in [0.2, 0.25) is 0 Å². The minimum atomic E-state index is -0.736. The fraction of sp³-hybridized carbons (Fsp3) is 0.450. The van der Waals surface area contributed by atoms with E-state index in [1.54, 1.807) is 32.8 Å². The highest BCUT2D eigenvalue weighted by atomic mass is 19.1. The zero-order chi connectivity index (χ0) is 19.6. The van der Waals surface area contributed by atoms with Crippen LogP contribution in [0.25, 0.3) is 0 Å². The van der Waals surface area contributed by atoms with E-state index in [0.29, 0.717) is 32.5 Å². The fourth-order valence-electron chi connectivity index (χ4n) is 4.10. The van der Waals surface area contributed by atoms with Crippen molar-refractivity contribution in [3.8, 4) is 0 Å². The normalized spacial score (nSPS) is 19.7. The molecule has 2 amide bonds. The van der Waals surface area contributed by atoms with Gasteiger partial charge in [-0.2, -0.15) is 5.10 Å². The highest BCUT2D eigenvalue weighted by Gasteiger charge is 2.45. The van der Waals surface area contributed by atoms with Crippen molar-refractivity contribution in [3.05, 3.63) is 54.1 Å². The summed E-state index contributed by atoms with van der Waals surface area (Å²) >= 11 is 0. The van der Waals surface area contributed by atoms with E-state index in [1.807, 2.05) is 12.3 Å². The molecular weight excluding hydrogens is 361 g/mol. The molecule has 2 aromatic rings. The smallest absolute Gasteiger partial charge is 0.251 e. The summed E-state index contributed by atoms with van der Waals surface area (Å²) in [7, 11) is 0. The van der Waals surface area contributed by atoms with E-state index in [4.69, 9.17) is 0 Å². The molecule has 0 radical (unpaired) electrons. The number of hydrogen-bond acceptors (Lipinski definition) is 4. The van der Waals surface area contributed by atoms with Crippen LogP contribution in [0.3, 0.4) is 0 Å². The summed E-state index contributed by atoms with van der Waals surface area (Å²) in [5, 5.41) is 7.63. The third-order valence-electron chi connectivity index (χ3n) is 5.64. The summed E-state index contributed by atoms with van der Waals surface area (Å²) in [4.78, 5) is 29.5. The van der Waals surface area contributed by atoms with E-state index >= 15 is 0 Å². The first kappa shape index (κ1) is 18.6. The van der Waals surface area contributed by atoms with Crippen molar-refractivity contribution in [1.82, 2.24) is 24.9 Å². The summed E-state index contributed by atoms with van der Waals surface area (Å²) in [5.74, 6) is -0.476. The van der Waals surface area contributed by atoms with Crippen molar-refractivity contribution in [2.45, 2.75) is 24.9 Å². The number of aromatic nitrogens is 2. The standard InChI is InChI=1S/C20H24FN5O2/c21-17-4-1-3-16(13-17)14-24-11-12-25(15-18(24)27)19(28)20(5-8-22-9-6-20)26-10-2-7-23-26/h1-4,7,10,13,22H,5-6,8-9,11-12,14-15H2. The first-order chi connectivity index (χ1) is 13.6. The van der Waals surface area contributed by atoms with Gasteiger partial charge in [-0.3, -0.25) is 14.3 Å². The second kappa shape index (κ2) is 7.71. The highest BCUT2D eigenvalue weighted by molar-refractivity contribution is 5.90. The Balaban J connectivity index is 1.47. The van der Waals surface area contributed by atoms with E-state index in [1.165, 1.54) is 12.1 Å². The van der Waals surface area contributed by atoms with Crippen LogP contribution in [0.5, 0.6) is 0 Å². The Kier molecular flexibility index (Phi) is 5.13. The molecule has 2 saturated heterocycles. The molecule has 7 nitrogen and oxygen atoms in total. The van der Waals surface area contributed by atoms with Crippen LogP contribution in [-0.4, -0.2) is 64.1 Å². The summed E-state index contributed by atoms with van der Waals surface area (Å²) < 4.78 is 15.1. The van der Waals surface area contributed by atoms with Crippen molar-refractivity contribution in [3.63, 3.8) is 0 Å². The number of nitrogens with zero attached hydrogens (tertiary/aromatic N) is 4. The molecule has 0 aliphatic carbocycles. The topological polar surface area (TPSA) is 70.5 Å². The minimum absolute atomic E-state index is 0.0449. The number of hydrogen-bond donors (Lipinski definition) is 1. The molecule has 2 aliphatic rings. The van der Waals surface area contributed by atoms with E-state index in [0.717, 1.165) is 18.7 Å². The van der Waals surface area contributed by atoms with Crippen LogP contribution in [0.4, 0.5) is 4.39 Å². The maximum absolute atomic E-state index is 13.4. The molecule has 8 heteroatoms. The third kappa shape index (κ3) is 3.52. The molecule has 2 fully saturated rings. The third-order valence-corrected chi connectivity index (χ3v) is 5.64. The van der Waals surface area contributed by atoms with Crippen molar-refractivity contribution >= 4 is 11.8 Å². The number of nitrogens with one attached hydrogen (secondary N) is 1. The Morgan fingerprint density at radius 1 is 1.21 bits per heavy atom. The molecule has 0 unspecified atom stereocenters. The molecule has 0 saturated carbocycles. The van der Waals surface area contributed by atoms with Crippen molar-refractivity contribution in [1.29, 1.82) is 0 Å². The number of piperidine rings is 1. The zero-order valence-corrected chi connectivity index (χ0v) is 15.7. The Hall–Kier alpha value is -2.74. The molecule has 28 heavy (non-hydrogen) atoms. The van der Waals surface area contributed by atoms with Crippen molar-refractivity contribution < 1.29 is 14.0 Å². The lowest BCUT2D eigenvalue weighted by Gasteiger charge is -2.42. The van der Waals surface area contributed by atoms with Gasteiger partial charge in [0.25, 0.3) is 5.91 Å². The van der Waals surface area contributed by atoms with E-state index < -0.39 is 5.54 Å². The van der Waals surface area contributed by atoms with Crippen LogP contribution in [0, 0.1) is 5.82 Å². The van der Waals surface area contributed by atoms with Gasteiger partial charge in [0.15, 0.2) is 0 Å². The van der Waals surface area contributed by atoms with Gasteiger partial charge in [0.05, 0.1) is 6.54 Å². The molecular formula is C20H24FN5O2. The van der Waals surface area contributed by atoms with Crippen LogP contribution in [0.1, 0.15) is 18.4 Å². The van der Waals surface area contributed by atoms with Gasteiger partial charge in [-0.1, -0.05) is 12.1 Å². The van der Waals surface area contributed by atoms with E-state index in [9.17, 15) is 14.0 Å². The zero-order valence-electron chi connectivity index (χ0n) is 15.7. The van der Waals surface area contributed by atoms with Crippen molar-refractivity contribution in [2.24, 2.45) is 0 Å². The average molecular weight is 385 g/mol. The Labute approximate surface area is 163 Å². The lowest BCUT2D eigenvalue weighted by Crippen LogP contribution is -2.60. The Morgan fingerprint density at radius 2 is 2.04 bits per heavy atom. The fourth-order valence-corrected chi connectivity index (χ4v) is 4.10. The Bertz CT molecular complexity index is 848. The van der Waals surface area contributed by atoms with Gasteiger partial charge in [-0.05, 0) is 49.7 Å². The molecule has 1 aromatic heterocycles. The van der Waals surface area contributed by atoms with Gasteiger partial charge in [0, 0.05) is 32.0 Å². The van der Waals surface area contributed by atoms with Gasteiger partial charge in [0.1, 0.15) is 11.4 Å². The molecule has 1 N–H and O–H groups in total. The number of piperazine rings is 1. The summed E-state index contributed by atoms with van der Waals surface area (Å²) in [6, 6.07) is 8.08. The van der Waals surface area contributed by atoms with Gasteiger partial charge in [-0.25, -0.2) is 4.39 Å². The maximum atomic E-state index is 13.4. The highest BCUT2D eigenvalue weighted by Crippen LogP contribution is 2.30. The molecule has 1 aromatic carbocycles. The van der Waals surface area contributed by atoms with Gasteiger partial charge < -0.3 is 15.1 Å². The monoisotopic (exact) mass is 385 g/mol. The number of halogens is 1. The van der Waals surface area contributed by atoms with Gasteiger partial charge >= 0.3 is 0 Å².